The summed E-state index contributed by atoms with van der Waals surface area (Å²) in [5, 5.41) is 4.25. The second-order valence-corrected chi connectivity index (χ2v) is 7.24. The number of carbonyl (C=O) groups excluding carboxylic acids is 1. The van der Waals surface area contributed by atoms with E-state index in [4.69, 9.17) is 0 Å². The Morgan fingerprint density at radius 1 is 1.12 bits per heavy atom. The van der Waals surface area contributed by atoms with Gasteiger partial charge < -0.3 is 15.2 Å². The number of para-hydroxylation sites is 1. The van der Waals surface area contributed by atoms with E-state index in [1.807, 2.05) is 40.1 Å². The number of fused-ring (bicyclic) bond motifs is 1. The second-order valence-electron chi connectivity index (χ2n) is 7.24. The van der Waals surface area contributed by atoms with Crippen LogP contribution in [-0.2, 0) is 6.42 Å². The number of amides is 1. The number of aromatic amines is 1. The summed E-state index contributed by atoms with van der Waals surface area (Å²) in [6, 6.07) is 14.4. The van der Waals surface area contributed by atoms with Crippen LogP contribution >= 0.6 is 0 Å². The number of hydrogen-bond acceptors (Lipinski definition) is 2. The van der Waals surface area contributed by atoms with E-state index in [0.29, 0.717) is 5.56 Å². The number of H-pyrrole nitrogens is 1. The van der Waals surface area contributed by atoms with Crippen molar-refractivity contribution in [3.8, 4) is 0 Å². The summed E-state index contributed by atoms with van der Waals surface area (Å²) in [6.07, 6.45) is 0.804. The predicted octanol–water partition coefficient (Wildman–Crippen LogP) is 4.21. The molecule has 1 heterocycles. The number of rotatable bonds is 5. The van der Waals surface area contributed by atoms with Gasteiger partial charge in [0.1, 0.15) is 0 Å². The third-order valence-electron chi connectivity index (χ3n) is 4.96. The number of benzene rings is 2. The molecule has 0 radical (unpaired) electrons. The molecule has 1 unspecified atom stereocenters. The van der Waals surface area contributed by atoms with Crippen LogP contribution < -0.4 is 10.2 Å². The van der Waals surface area contributed by atoms with Crippen LogP contribution in [0.15, 0.2) is 42.5 Å². The summed E-state index contributed by atoms with van der Waals surface area (Å²) in [5.41, 5.74) is 6.32. The largest absolute Gasteiger partial charge is 0.378 e. The van der Waals surface area contributed by atoms with Crippen LogP contribution in [0.3, 0.4) is 0 Å². The average Bonchev–Trinajstić information content (AvgIpc) is 2.89. The number of hydrogen-bond donors (Lipinski definition) is 2. The summed E-state index contributed by atoms with van der Waals surface area (Å²) >= 11 is 0. The van der Waals surface area contributed by atoms with Crippen LogP contribution in [0, 0.1) is 13.8 Å². The summed E-state index contributed by atoms with van der Waals surface area (Å²) in [4.78, 5) is 18.2. The fraction of sp³-hybridized carbons (Fsp3) is 0.318. The molecule has 4 nitrogen and oxygen atoms in total. The molecule has 0 aliphatic heterocycles. The van der Waals surface area contributed by atoms with Crippen molar-refractivity contribution in [2.24, 2.45) is 0 Å². The van der Waals surface area contributed by atoms with Gasteiger partial charge in [0.15, 0.2) is 0 Å². The molecule has 136 valence electrons. The summed E-state index contributed by atoms with van der Waals surface area (Å²) < 4.78 is 0. The zero-order chi connectivity index (χ0) is 18.8. The fourth-order valence-corrected chi connectivity index (χ4v) is 3.31. The highest BCUT2D eigenvalue weighted by molar-refractivity contribution is 6.06. The Labute approximate surface area is 155 Å². The Hall–Kier alpha value is -2.75. The van der Waals surface area contributed by atoms with Gasteiger partial charge in [-0.1, -0.05) is 24.3 Å². The van der Waals surface area contributed by atoms with Crippen molar-refractivity contribution in [2.75, 3.05) is 19.0 Å². The highest BCUT2D eigenvalue weighted by Gasteiger charge is 2.16. The Bertz CT molecular complexity index is 922. The van der Waals surface area contributed by atoms with Crippen LogP contribution in [0.1, 0.15) is 34.1 Å². The molecule has 2 aromatic carbocycles. The zero-order valence-electron chi connectivity index (χ0n) is 16.2. The highest BCUT2D eigenvalue weighted by atomic mass is 16.1. The van der Waals surface area contributed by atoms with Crippen molar-refractivity contribution < 1.29 is 4.79 Å². The van der Waals surface area contributed by atoms with Gasteiger partial charge in [-0.2, -0.15) is 0 Å². The van der Waals surface area contributed by atoms with E-state index in [2.05, 4.69) is 52.5 Å². The van der Waals surface area contributed by atoms with Crippen molar-refractivity contribution in [3.63, 3.8) is 0 Å². The van der Waals surface area contributed by atoms with E-state index in [1.165, 1.54) is 16.8 Å². The zero-order valence-corrected chi connectivity index (χ0v) is 16.2. The summed E-state index contributed by atoms with van der Waals surface area (Å²) in [6.45, 7) is 6.16. The minimum Gasteiger partial charge on any atom is -0.378 e. The van der Waals surface area contributed by atoms with Gasteiger partial charge in [-0.3, -0.25) is 4.79 Å². The fourth-order valence-electron chi connectivity index (χ4n) is 3.31. The molecule has 1 amide bonds. The maximum atomic E-state index is 12.8. The minimum absolute atomic E-state index is 0.0331. The maximum Gasteiger partial charge on any atom is 0.253 e. The quantitative estimate of drug-likeness (QED) is 0.725. The Morgan fingerprint density at radius 2 is 1.81 bits per heavy atom. The first-order valence-corrected chi connectivity index (χ1v) is 9.02. The minimum atomic E-state index is -0.0331. The molecular weight excluding hydrogens is 322 g/mol. The van der Waals surface area contributed by atoms with Gasteiger partial charge >= 0.3 is 0 Å². The lowest BCUT2D eigenvalue weighted by Crippen LogP contribution is -2.34. The van der Waals surface area contributed by atoms with Crippen LogP contribution in [0.2, 0.25) is 0 Å². The molecule has 1 atom stereocenters. The molecule has 4 heteroatoms. The van der Waals surface area contributed by atoms with Crippen molar-refractivity contribution in [1.29, 1.82) is 0 Å². The van der Waals surface area contributed by atoms with E-state index in [1.54, 1.807) is 0 Å². The van der Waals surface area contributed by atoms with Crippen molar-refractivity contribution in [3.05, 3.63) is 64.8 Å². The van der Waals surface area contributed by atoms with Gasteiger partial charge in [-0.25, -0.2) is 0 Å². The predicted molar refractivity (Wildman–Crippen MR) is 109 cm³/mol. The molecule has 0 aliphatic carbocycles. The van der Waals surface area contributed by atoms with Gasteiger partial charge in [0, 0.05) is 36.9 Å². The molecule has 2 N–H and O–H groups in total. The molecule has 26 heavy (non-hydrogen) atoms. The third-order valence-corrected chi connectivity index (χ3v) is 4.96. The van der Waals surface area contributed by atoms with Gasteiger partial charge in [0.25, 0.3) is 5.91 Å². The van der Waals surface area contributed by atoms with Gasteiger partial charge in [-0.15, -0.1) is 0 Å². The van der Waals surface area contributed by atoms with E-state index >= 15 is 0 Å². The Balaban J connectivity index is 1.72. The van der Waals surface area contributed by atoms with E-state index < -0.39 is 0 Å². The van der Waals surface area contributed by atoms with E-state index in [0.717, 1.165) is 23.0 Å². The summed E-state index contributed by atoms with van der Waals surface area (Å²) in [7, 11) is 4.06. The van der Waals surface area contributed by atoms with Crippen LogP contribution in [0.25, 0.3) is 10.9 Å². The lowest BCUT2D eigenvalue weighted by Gasteiger charge is -2.16. The number of anilines is 1. The molecular formula is C22H27N3O. The number of nitrogens with zero attached hydrogens (tertiary/aromatic N) is 1. The standard InChI is InChI=1S/C22H27N3O/c1-14(13-17-9-11-18(12-10-17)25(4)5)23-22(26)20-8-6-7-19-15(2)16(3)24-21(19)20/h6-12,14,24H,13H2,1-5H3,(H,23,26). The normalized spacial score (nSPS) is 12.2. The molecule has 3 aromatic rings. The van der Waals surface area contributed by atoms with Gasteiger partial charge in [-0.05, 0) is 56.5 Å². The van der Waals surface area contributed by atoms with Crippen molar-refractivity contribution >= 4 is 22.5 Å². The molecule has 3 rings (SSSR count). The first kappa shape index (κ1) is 18.1. The first-order valence-electron chi connectivity index (χ1n) is 9.02. The SMILES string of the molecule is Cc1[nH]c2c(C(=O)NC(C)Cc3ccc(N(C)C)cc3)cccc2c1C. The van der Waals surface area contributed by atoms with Crippen molar-refractivity contribution in [1.82, 2.24) is 10.3 Å². The smallest absolute Gasteiger partial charge is 0.253 e. The van der Waals surface area contributed by atoms with Crippen molar-refractivity contribution in [2.45, 2.75) is 33.2 Å². The van der Waals surface area contributed by atoms with Gasteiger partial charge in [0.05, 0.1) is 11.1 Å². The van der Waals surface area contributed by atoms with Crippen LogP contribution in [-0.4, -0.2) is 31.0 Å². The highest BCUT2D eigenvalue weighted by Crippen LogP contribution is 2.24. The average molecular weight is 349 g/mol. The van der Waals surface area contributed by atoms with E-state index in [9.17, 15) is 4.79 Å². The topological polar surface area (TPSA) is 48.1 Å². The second kappa shape index (κ2) is 7.24. The lowest BCUT2D eigenvalue weighted by molar-refractivity contribution is 0.0941. The molecule has 0 fully saturated rings. The molecule has 0 bridgehead atoms. The molecule has 0 aliphatic rings. The number of nitrogens with one attached hydrogen (secondary N) is 2. The summed E-state index contributed by atoms with van der Waals surface area (Å²) in [5.74, 6) is -0.0331. The third kappa shape index (κ3) is 3.59. The molecule has 0 saturated carbocycles. The molecule has 0 saturated heterocycles. The monoisotopic (exact) mass is 349 g/mol. The molecule has 0 spiro atoms. The Morgan fingerprint density at radius 3 is 2.46 bits per heavy atom. The lowest BCUT2D eigenvalue weighted by atomic mass is 10.0. The van der Waals surface area contributed by atoms with Crippen LogP contribution in [0.4, 0.5) is 5.69 Å². The number of carbonyl (C=O) groups is 1. The van der Waals surface area contributed by atoms with Crippen LogP contribution in [0.5, 0.6) is 0 Å². The number of aryl methyl sites for hydroxylation is 2. The van der Waals surface area contributed by atoms with Gasteiger partial charge in [0.2, 0.25) is 0 Å². The first-order chi connectivity index (χ1) is 12.4. The number of aromatic nitrogens is 1. The van der Waals surface area contributed by atoms with E-state index in [-0.39, 0.29) is 11.9 Å². The maximum absolute atomic E-state index is 12.8. The molecule has 1 aromatic heterocycles. The Kier molecular flexibility index (Phi) is 5.03.